The lowest BCUT2D eigenvalue weighted by Gasteiger charge is -2.36. The molecule has 11 heteroatoms. The summed E-state index contributed by atoms with van der Waals surface area (Å²) in [5, 5.41) is 0. The Hall–Kier alpha value is -1.24. The first-order valence-electron chi connectivity index (χ1n) is 10.4. The van der Waals surface area contributed by atoms with Crippen molar-refractivity contribution in [2.75, 3.05) is 27.3 Å². The second kappa shape index (κ2) is 10.6. The molecular weight excluding hydrogens is 442 g/mol. The van der Waals surface area contributed by atoms with Crippen LogP contribution in [0.1, 0.15) is 40.5 Å². The van der Waals surface area contributed by atoms with Gasteiger partial charge in [0.25, 0.3) is 0 Å². The third-order valence-electron chi connectivity index (χ3n) is 5.18. The number of nitrogens with zero attached hydrogens (tertiary/aromatic N) is 2. The number of hydrogen-bond acceptors (Lipinski definition) is 7. The SMILES string of the molecule is COC(=O)[C@H](CC(C)C)N1CC=CP1(=O)O[P@@]1(=O)C=CCN1[C@@H](CC(C)C)C(=O)OC. The Morgan fingerprint density at radius 3 is 1.45 bits per heavy atom. The molecule has 0 aromatic carbocycles. The van der Waals surface area contributed by atoms with E-state index in [1.54, 1.807) is 12.2 Å². The predicted molar refractivity (Wildman–Crippen MR) is 119 cm³/mol. The van der Waals surface area contributed by atoms with Crippen LogP contribution < -0.4 is 0 Å². The molecule has 0 fully saturated rings. The van der Waals surface area contributed by atoms with Crippen LogP contribution >= 0.6 is 15.0 Å². The molecule has 2 rings (SSSR count). The van der Waals surface area contributed by atoms with Crippen LogP contribution in [0.15, 0.2) is 23.8 Å². The molecule has 31 heavy (non-hydrogen) atoms. The van der Waals surface area contributed by atoms with Crippen molar-refractivity contribution < 1.29 is 32.5 Å². The molecule has 0 aromatic heterocycles. The molecule has 0 N–H and O–H groups in total. The van der Waals surface area contributed by atoms with E-state index in [2.05, 4.69) is 0 Å². The molecule has 9 nitrogen and oxygen atoms in total. The standard InChI is InChI=1S/C20H34N2O7P2/c1-15(2)13-17(19(23)27-5)21-9-7-11-30(21,25)29-31(26)12-8-10-22(31)18(14-16(3)4)20(24)28-6/h7-8,11-12,15-18H,9-10,13-14H2,1-6H3/t17-,18-,30-,31?/m0/s1. The maximum atomic E-state index is 13.8. The van der Waals surface area contributed by atoms with Crippen LogP contribution in [0, 0.1) is 11.8 Å². The highest BCUT2D eigenvalue weighted by atomic mass is 31.2. The van der Waals surface area contributed by atoms with Gasteiger partial charge in [-0.3, -0.25) is 18.7 Å². The second-order valence-corrected chi connectivity index (χ2v) is 13.1. The molecule has 2 aliphatic rings. The van der Waals surface area contributed by atoms with E-state index in [-0.39, 0.29) is 24.9 Å². The Bertz CT molecular complexity index is 758. The summed E-state index contributed by atoms with van der Waals surface area (Å²) < 4.78 is 46.2. The van der Waals surface area contributed by atoms with Gasteiger partial charge in [-0.2, -0.15) is 0 Å². The minimum atomic E-state index is -3.78. The van der Waals surface area contributed by atoms with E-state index >= 15 is 0 Å². The van der Waals surface area contributed by atoms with Gasteiger partial charge in [-0.25, -0.2) is 13.7 Å². The number of ether oxygens (including phenoxy) is 2. The molecule has 4 atom stereocenters. The van der Waals surface area contributed by atoms with Gasteiger partial charge in [0, 0.05) is 24.7 Å². The number of methoxy groups -OCH3 is 2. The molecule has 2 aliphatic heterocycles. The highest BCUT2D eigenvalue weighted by Crippen LogP contribution is 2.72. The van der Waals surface area contributed by atoms with Gasteiger partial charge >= 0.3 is 27.0 Å². The van der Waals surface area contributed by atoms with Crippen molar-refractivity contribution in [2.24, 2.45) is 11.8 Å². The van der Waals surface area contributed by atoms with Gasteiger partial charge in [-0.1, -0.05) is 39.8 Å². The van der Waals surface area contributed by atoms with Crippen LogP contribution in [0.2, 0.25) is 0 Å². The molecule has 0 aliphatic carbocycles. The van der Waals surface area contributed by atoms with Crippen LogP contribution in [0.3, 0.4) is 0 Å². The van der Waals surface area contributed by atoms with E-state index in [1.807, 2.05) is 27.7 Å². The molecule has 176 valence electrons. The number of rotatable bonds is 10. The molecule has 0 bridgehead atoms. The predicted octanol–water partition coefficient (Wildman–Crippen LogP) is 4.22. The van der Waals surface area contributed by atoms with Crippen molar-refractivity contribution in [2.45, 2.75) is 52.6 Å². The molecule has 2 heterocycles. The highest BCUT2D eigenvalue weighted by Gasteiger charge is 2.50. The number of carbonyl (C=O) groups excluding carboxylic acids is 2. The summed E-state index contributed by atoms with van der Waals surface area (Å²) in [6, 6.07) is -1.60. The fourth-order valence-corrected chi connectivity index (χ4v) is 9.17. The maximum Gasteiger partial charge on any atom is 0.323 e. The first-order valence-corrected chi connectivity index (χ1v) is 13.7. The van der Waals surface area contributed by atoms with E-state index in [0.717, 1.165) is 0 Å². The van der Waals surface area contributed by atoms with Crippen molar-refractivity contribution >= 4 is 27.0 Å². The van der Waals surface area contributed by atoms with Crippen molar-refractivity contribution in [1.29, 1.82) is 0 Å². The van der Waals surface area contributed by atoms with Gasteiger partial charge in [0.15, 0.2) is 0 Å². The highest BCUT2D eigenvalue weighted by molar-refractivity contribution is 7.73. The summed E-state index contributed by atoms with van der Waals surface area (Å²) in [7, 11) is -5.00. The quantitative estimate of drug-likeness (QED) is 0.339. The molecule has 0 saturated heterocycles. The number of carbonyl (C=O) groups is 2. The molecule has 0 amide bonds. The van der Waals surface area contributed by atoms with Crippen LogP contribution in [0.25, 0.3) is 0 Å². The van der Waals surface area contributed by atoms with Gasteiger partial charge in [0.05, 0.1) is 14.2 Å². The zero-order valence-corrected chi connectivity index (χ0v) is 20.9. The van der Waals surface area contributed by atoms with Crippen molar-refractivity contribution in [1.82, 2.24) is 9.34 Å². The lowest BCUT2D eigenvalue weighted by atomic mass is 10.0. The topological polar surface area (TPSA) is 102 Å². The third-order valence-corrected chi connectivity index (χ3v) is 10.5. The number of esters is 2. The van der Waals surface area contributed by atoms with Gasteiger partial charge in [0.1, 0.15) is 12.1 Å². The van der Waals surface area contributed by atoms with Gasteiger partial charge in [-0.15, -0.1) is 0 Å². The normalized spacial score (nSPS) is 28.4. The van der Waals surface area contributed by atoms with Crippen LogP contribution in [-0.4, -0.2) is 60.7 Å². The lowest BCUT2D eigenvalue weighted by molar-refractivity contribution is -0.146. The Labute approximate surface area is 184 Å². The minimum absolute atomic E-state index is 0.131. The fraction of sp³-hybridized carbons (Fsp3) is 0.700. The summed E-state index contributed by atoms with van der Waals surface area (Å²) in [5.74, 6) is 1.97. The van der Waals surface area contributed by atoms with Crippen LogP contribution in [0.4, 0.5) is 0 Å². The molecule has 0 aromatic rings. The van der Waals surface area contributed by atoms with E-state index in [1.165, 1.54) is 35.2 Å². The van der Waals surface area contributed by atoms with E-state index in [4.69, 9.17) is 13.8 Å². The first-order chi connectivity index (χ1) is 14.5. The maximum absolute atomic E-state index is 13.8. The molecular formula is C20H34N2O7P2. The summed E-state index contributed by atoms with van der Waals surface area (Å²) in [6.45, 7) is 8.20. The summed E-state index contributed by atoms with van der Waals surface area (Å²) in [6.07, 6.45) is 4.09. The molecule has 0 spiro atoms. The van der Waals surface area contributed by atoms with Crippen LogP contribution in [-0.2, 0) is 32.5 Å². The largest absolute Gasteiger partial charge is 0.468 e. The summed E-state index contributed by atoms with van der Waals surface area (Å²) in [4.78, 5) is 24.9. The average molecular weight is 476 g/mol. The monoisotopic (exact) mass is 476 g/mol. The molecule has 1 unspecified atom stereocenters. The Morgan fingerprint density at radius 1 is 0.806 bits per heavy atom. The Kier molecular flexibility index (Phi) is 8.88. The summed E-state index contributed by atoms with van der Waals surface area (Å²) in [5.41, 5.74) is 0. The molecule has 0 saturated carbocycles. The molecule has 0 radical (unpaired) electrons. The van der Waals surface area contributed by atoms with E-state index in [0.29, 0.717) is 12.8 Å². The minimum Gasteiger partial charge on any atom is -0.468 e. The third kappa shape index (κ3) is 5.96. The van der Waals surface area contributed by atoms with Crippen LogP contribution in [0.5, 0.6) is 0 Å². The van der Waals surface area contributed by atoms with Crippen molar-refractivity contribution in [3.8, 4) is 0 Å². The smallest absolute Gasteiger partial charge is 0.323 e. The van der Waals surface area contributed by atoms with Gasteiger partial charge in [0.2, 0.25) is 0 Å². The zero-order valence-electron chi connectivity index (χ0n) is 19.1. The first kappa shape index (κ1) is 26.0. The van der Waals surface area contributed by atoms with Gasteiger partial charge < -0.3 is 9.47 Å². The number of hydrogen-bond donors (Lipinski definition) is 0. The van der Waals surface area contributed by atoms with E-state index < -0.39 is 39.1 Å². The lowest BCUT2D eigenvalue weighted by Crippen LogP contribution is -2.41. The Morgan fingerprint density at radius 2 is 1.16 bits per heavy atom. The van der Waals surface area contributed by atoms with Crippen molar-refractivity contribution in [3.05, 3.63) is 23.8 Å². The summed E-state index contributed by atoms with van der Waals surface area (Å²) >= 11 is 0. The Balaban J connectivity index is 2.36. The zero-order chi connectivity index (χ0) is 23.4. The second-order valence-electron chi connectivity index (χ2n) is 8.56. The van der Waals surface area contributed by atoms with E-state index in [9.17, 15) is 18.7 Å². The fourth-order valence-electron chi connectivity index (χ4n) is 3.78. The average Bonchev–Trinajstić information content (AvgIpc) is 3.24. The van der Waals surface area contributed by atoms with Gasteiger partial charge in [-0.05, 0) is 24.7 Å². The van der Waals surface area contributed by atoms with Crippen molar-refractivity contribution in [3.63, 3.8) is 0 Å².